The summed E-state index contributed by atoms with van der Waals surface area (Å²) in [6, 6.07) is 0. The molecular weight excluding hydrogens is 225 g/mol. The van der Waals surface area contributed by atoms with Crippen molar-refractivity contribution in [2.24, 2.45) is 0 Å². The summed E-state index contributed by atoms with van der Waals surface area (Å²) in [6.07, 6.45) is 1.63. The largest absolute Gasteiger partial charge is 0.328 e. The van der Waals surface area contributed by atoms with Crippen molar-refractivity contribution >= 4 is 0 Å². The quantitative estimate of drug-likeness (QED) is 0.755. The third kappa shape index (κ3) is 4.52. The number of H-pyrrole nitrogens is 1. The fourth-order valence-corrected chi connectivity index (χ4v) is 1.36. The van der Waals surface area contributed by atoms with Gasteiger partial charge in [0.05, 0.1) is 6.20 Å². The van der Waals surface area contributed by atoms with Gasteiger partial charge in [-0.25, -0.2) is 4.79 Å². The van der Waals surface area contributed by atoms with E-state index in [9.17, 15) is 14.0 Å². The fraction of sp³-hybridized carbons (Fsp3) is 0.636. The van der Waals surface area contributed by atoms with Crippen molar-refractivity contribution < 1.29 is 4.39 Å². The van der Waals surface area contributed by atoms with Crippen LogP contribution in [-0.2, 0) is 6.54 Å². The first-order chi connectivity index (χ1) is 7.79. The van der Waals surface area contributed by atoms with Crippen LogP contribution in [0, 0.1) is 5.82 Å². The van der Waals surface area contributed by atoms with E-state index in [-0.39, 0.29) is 5.54 Å². The third-order valence-electron chi connectivity index (χ3n) is 2.20. The highest BCUT2D eigenvalue weighted by atomic mass is 19.1. The number of hydrogen-bond donors (Lipinski definition) is 2. The second-order valence-electron chi connectivity index (χ2n) is 4.96. The molecule has 1 aromatic heterocycles. The standard InChI is InChI=1S/C11H18FN3O2/c1-11(2,3)13-5-4-6-15-7-8(12)9(16)14-10(15)17/h7,13H,4-6H2,1-3H3,(H,14,16,17). The number of aryl methyl sites for hydroxylation is 1. The molecule has 0 atom stereocenters. The van der Waals surface area contributed by atoms with Crippen LogP contribution in [0.15, 0.2) is 15.8 Å². The molecule has 96 valence electrons. The summed E-state index contributed by atoms with van der Waals surface area (Å²) >= 11 is 0. The Labute approximate surface area is 98.7 Å². The Morgan fingerprint density at radius 2 is 2.06 bits per heavy atom. The summed E-state index contributed by atoms with van der Waals surface area (Å²) in [5, 5.41) is 3.26. The lowest BCUT2D eigenvalue weighted by molar-refractivity contribution is 0.410. The molecule has 1 heterocycles. The van der Waals surface area contributed by atoms with Gasteiger partial charge < -0.3 is 5.32 Å². The zero-order valence-corrected chi connectivity index (χ0v) is 10.3. The van der Waals surface area contributed by atoms with Crippen molar-refractivity contribution in [3.05, 3.63) is 32.9 Å². The molecule has 0 saturated carbocycles. The molecule has 0 aliphatic heterocycles. The number of halogens is 1. The Morgan fingerprint density at radius 3 is 2.65 bits per heavy atom. The molecule has 17 heavy (non-hydrogen) atoms. The van der Waals surface area contributed by atoms with Crippen LogP contribution in [0.5, 0.6) is 0 Å². The molecule has 6 heteroatoms. The average Bonchev–Trinajstić information content (AvgIpc) is 2.18. The molecule has 0 unspecified atom stereocenters. The molecule has 0 saturated heterocycles. The maximum Gasteiger partial charge on any atom is 0.328 e. The highest BCUT2D eigenvalue weighted by Gasteiger charge is 2.08. The van der Waals surface area contributed by atoms with Crippen molar-refractivity contribution in [2.45, 2.75) is 39.3 Å². The maximum atomic E-state index is 12.9. The monoisotopic (exact) mass is 243 g/mol. The van der Waals surface area contributed by atoms with Crippen LogP contribution in [0.2, 0.25) is 0 Å². The smallest absolute Gasteiger partial charge is 0.312 e. The highest BCUT2D eigenvalue weighted by molar-refractivity contribution is 4.87. The first-order valence-electron chi connectivity index (χ1n) is 5.54. The Kier molecular flexibility index (Phi) is 4.22. The van der Waals surface area contributed by atoms with Crippen LogP contribution >= 0.6 is 0 Å². The van der Waals surface area contributed by atoms with Crippen molar-refractivity contribution in [2.75, 3.05) is 6.54 Å². The van der Waals surface area contributed by atoms with Gasteiger partial charge >= 0.3 is 5.69 Å². The SMILES string of the molecule is CC(C)(C)NCCCn1cc(F)c(=O)[nH]c1=O. The third-order valence-corrected chi connectivity index (χ3v) is 2.20. The lowest BCUT2D eigenvalue weighted by Crippen LogP contribution is -2.37. The normalized spacial score (nSPS) is 11.8. The molecule has 0 bridgehead atoms. The van der Waals surface area contributed by atoms with Crippen LogP contribution in [0.3, 0.4) is 0 Å². The Hall–Kier alpha value is -1.43. The van der Waals surface area contributed by atoms with E-state index in [2.05, 4.69) is 5.32 Å². The van der Waals surface area contributed by atoms with E-state index in [1.54, 1.807) is 0 Å². The second-order valence-corrected chi connectivity index (χ2v) is 4.96. The van der Waals surface area contributed by atoms with Crippen LogP contribution in [0.4, 0.5) is 4.39 Å². The van der Waals surface area contributed by atoms with Gasteiger partial charge in [0, 0.05) is 12.1 Å². The number of aromatic amines is 1. The van der Waals surface area contributed by atoms with E-state index in [1.807, 2.05) is 25.8 Å². The summed E-state index contributed by atoms with van der Waals surface area (Å²) in [7, 11) is 0. The molecule has 0 aliphatic rings. The van der Waals surface area contributed by atoms with Gasteiger partial charge in [-0.1, -0.05) is 0 Å². The summed E-state index contributed by atoms with van der Waals surface area (Å²) in [5.74, 6) is -0.937. The predicted molar refractivity (Wildman–Crippen MR) is 63.7 cm³/mol. The number of rotatable bonds is 4. The molecule has 0 spiro atoms. The van der Waals surface area contributed by atoms with Gasteiger partial charge in [-0.15, -0.1) is 0 Å². The van der Waals surface area contributed by atoms with Crippen molar-refractivity contribution in [3.63, 3.8) is 0 Å². The van der Waals surface area contributed by atoms with Gasteiger partial charge in [-0.2, -0.15) is 4.39 Å². The number of nitrogens with zero attached hydrogens (tertiary/aromatic N) is 1. The minimum atomic E-state index is -0.973. The molecule has 0 radical (unpaired) electrons. The molecule has 1 aromatic rings. The van der Waals surface area contributed by atoms with Gasteiger partial charge in [0.1, 0.15) is 0 Å². The molecule has 0 fully saturated rings. The van der Waals surface area contributed by atoms with E-state index in [1.165, 1.54) is 4.57 Å². The van der Waals surface area contributed by atoms with Gasteiger partial charge in [0.2, 0.25) is 5.82 Å². The number of aromatic nitrogens is 2. The van der Waals surface area contributed by atoms with Gasteiger partial charge in [-0.3, -0.25) is 14.3 Å². The first kappa shape index (κ1) is 13.6. The fourth-order valence-electron chi connectivity index (χ4n) is 1.36. The molecule has 2 N–H and O–H groups in total. The van der Waals surface area contributed by atoms with E-state index >= 15 is 0 Å². The van der Waals surface area contributed by atoms with Crippen LogP contribution in [-0.4, -0.2) is 21.6 Å². The summed E-state index contributed by atoms with van der Waals surface area (Å²) in [6.45, 7) is 7.21. The zero-order chi connectivity index (χ0) is 13.1. The van der Waals surface area contributed by atoms with Crippen LogP contribution in [0.1, 0.15) is 27.2 Å². The van der Waals surface area contributed by atoms with Crippen LogP contribution in [0.25, 0.3) is 0 Å². The predicted octanol–water partition coefficient (Wildman–Crippen LogP) is 0.454. The summed E-state index contributed by atoms with van der Waals surface area (Å²) in [4.78, 5) is 24.0. The van der Waals surface area contributed by atoms with Gasteiger partial charge in [0.15, 0.2) is 0 Å². The second kappa shape index (κ2) is 5.27. The Morgan fingerprint density at radius 1 is 1.41 bits per heavy atom. The zero-order valence-electron chi connectivity index (χ0n) is 10.3. The highest BCUT2D eigenvalue weighted by Crippen LogP contribution is 1.98. The Bertz CT molecular complexity index is 485. The average molecular weight is 243 g/mol. The number of nitrogens with one attached hydrogen (secondary N) is 2. The molecule has 0 aromatic carbocycles. The van der Waals surface area contributed by atoms with E-state index < -0.39 is 17.1 Å². The van der Waals surface area contributed by atoms with Crippen LogP contribution < -0.4 is 16.6 Å². The lowest BCUT2D eigenvalue weighted by Gasteiger charge is -2.20. The summed E-state index contributed by atoms with van der Waals surface area (Å²) < 4.78 is 14.1. The Balaban J connectivity index is 2.56. The molecule has 1 rings (SSSR count). The van der Waals surface area contributed by atoms with Gasteiger partial charge in [-0.05, 0) is 33.7 Å². The van der Waals surface area contributed by atoms with Crippen molar-refractivity contribution in [1.82, 2.24) is 14.9 Å². The van der Waals surface area contributed by atoms with E-state index in [0.717, 1.165) is 12.7 Å². The van der Waals surface area contributed by atoms with E-state index in [4.69, 9.17) is 0 Å². The van der Waals surface area contributed by atoms with Crippen molar-refractivity contribution in [1.29, 1.82) is 0 Å². The lowest BCUT2D eigenvalue weighted by atomic mass is 10.1. The van der Waals surface area contributed by atoms with E-state index in [0.29, 0.717) is 13.0 Å². The minimum absolute atomic E-state index is 0.0151. The molecule has 0 amide bonds. The number of hydrogen-bond acceptors (Lipinski definition) is 3. The van der Waals surface area contributed by atoms with Crippen molar-refractivity contribution in [3.8, 4) is 0 Å². The molecule has 5 nitrogen and oxygen atoms in total. The molecule has 0 aliphatic carbocycles. The minimum Gasteiger partial charge on any atom is -0.312 e. The summed E-state index contributed by atoms with van der Waals surface area (Å²) in [5.41, 5.74) is -1.53. The maximum absolute atomic E-state index is 12.9. The first-order valence-corrected chi connectivity index (χ1v) is 5.54. The van der Waals surface area contributed by atoms with Gasteiger partial charge in [0.25, 0.3) is 5.56 Å². The topological polar surface area (TPSA) is 66.9 Å². The molecular formula is C11H18FN3O2.